The predicted octanol–water partition coefficient (Wildman–Crippen LogP) is 3.02. The number of alkyl carbamates (subject to hydrolysis) is 1. The molecule has 0 fully saturated rings. The third kappa shape index (κ3) is 4.65. The van der Waals surface area contributed by atoms with E-state index in [1.807, 2.05) is 38.1 Å². The van der Waals surface area contributed by atoms with Crippen molar-refractivity contribution >= 4 is 12.0 Å². The minimum atomic E-state index is -0.614. The van der Waals surface area contributed by atoms with E-state index in [1.54, 1.807) is 0 Å². The highest BCUT2D eigenvalue weighted by Crippen LogP contribution is 2.44. The summed E-state index contributed by atoms with van der Waals surface area (Å²) in [7, 11) is 0. The number of benzene rings is 2. The van der Waals surface area contributed by atoms with Crippen LogP contribution >= 0.6 is 0 Å². The van der Waals surface area contributed by atoms with Gasteiger partial charge in [-0.15, -0.1) is 0 Å². The molecule has 1 aliphatic rings. The number of hydrogen-bond donors (Lipinski definition) is 2. The highest BCUT2D eigenvalue weighted by molar-refractivity contribution is 5.82. The quantitative estimate of drug-likeness (QED) is 0.737. The van der Waals surface area contributed by atoms with Gasteiger partial charge in [0.05, 0.1) is 6.10 Å². The Balaban J connectivity index is 1.51. The molecule has 2 N–H and O–H groups in total. The van der Waals surface area contributed by atoms with Gasteiger partial charge in [-0.2, -0.15) is 0 Å². The summed E-state index contributed by atoms with van der Waals surface area (Å²) in [6.07, 6.45) is -0.586. The molecule has 0 spiro atoms. The maximum absolute atomic E-state index is 12.0. The van der Waals surface area contributed by atoms with E-state index in [-0.39, 0.29) is 37.8 Å². The maximum Gasteiger partial charge on any atom is 0.407 e. The Morgan fingerprint density at radius 1 is 0.963 bits per heavy atom. The number of carbonyl (C=O) groups is 2. The second-order valence-electron chi connectivity index (χ2n) is 6.64. The van der Waals surface area contributed by atoms with E-state index in [2.05, 4.69) is 34.9 Å². The first-order valence-electron chi connectivity index (χ1n) is 9.03. The average molecular weight is 368 g/mol. The molecule has 2 aromatic carbocycles. The van der Waals surface area contributed by atoms with Crippen molar-refractivity contribution in [3.63, 3.8) is 0 Å². The van der Waals surface area contributed by atoms with Gasteiger partial charge in [0.15, 0.2) is 0 Å². The van der Waals surface area contributed by atoms with Gasteiger partial charge in [0, 0.05) is 5.92 Å². The van der Waals surface area contributed by atoms with Crippen molar-refractivity contribution in [2.75, 3.05) is 19.9 Å². The van der Waals surface area contributed by atoms with Crippen LogP contribution in [0.4, 0.5) is 4.79 Å². The molecule has 0 unspecified atom stereocenters. The Bertz CT molecular complexity index is 774. The molecule has 6 nitrogen and oxygen atoms in total. The van der Waals surface area contributed by atoms with Gasteiger partial charge in [0.25, 0.3) is 0 Å². The second-order valence-corrected chi connectivity index (χ2v) is 6.64. The standard InChI is InChI=1S/C21H24N2O4/c1-14(2)27-13-23-20(24)11-22-21(25)26-12-19-17-9-5-3-7-15(17)16-8-4-6-10-18(16)19/h3-10,14,19H,11-13H2,1-2H3,(H,22,25)(H,23,24). The Hall–Kier alpha value is -2.86. The van der Waals surface area contributed by atoms with Crippen molar-refractivity contribution < 1.29 is 19.1 Å². The SMILES string of the molecule is CC(C)OCNC(=O)CNC(=O)OCC1c2ccccc2-c2ccccc21. The molecule has 0 radical (unpaired) electrons. The fourth-order valence-electron chi connectivity index (χ4n) is 3.15. The molecule has 0 aliphatic heterocycles. The largest absolute Gasteiger partial charge is 0.449 e. The molecule has 2 aromatic rings. The van der Waals surface area contributed by atoms with Crippen LogP contribution < -0.4 is 10.6 Å². The van der Waals surface area contributed by atoms with Gasteiger partial charge in [0.1, 0.15) is 19.9 Å². The maximum atomic E-state index is 12.0. The summed E-state index contributed by atoms with van der Waals surface area (Å²) in [4.78, 5) is 23.6. The van der Waals surface area contributed by atoms with Crippen LogP contribution in [0.1, 0.15) is 30.9 Å². The molecule has 2 amide bonds. The van der Waals surface area contributed by atoms with Gasteiger partial charge < -0.3 is 20.1 Å². The van der Waals surface area contributed by atoms with E-state index in [0.29, 0.717) is 0 Å². The zero-order valence-electron chi connectivity index (χ0n) is 15.5. The van der Waals surface area contributed by atoms with E-state index in [0.717, 1.165) is 11.1 Å². The molecule has 1 aliphatic carbocycles. The highest BCUT2D eigenvalue weighted by Gasteiger charge is 2.28. The third-order valence-electron chi connectivity index (χ3n) is 4.42. The van der Waals surface area contributed by atoms with Gasteiger partial charge in [-0.1, -0.05) is 48.5 Å². The van der Waals surface area contributed by atoms with Gasteiger partial charge in [-0.05, 0) is 36.1 Å². The molecule has 6 heteroatoms. The van der Waals surface area contributed by atoms with Crippen molar-refractivity contribution in [3.8, 4) is 11.1 Å². The molecule has 3 rings (SSSR count). The Morgan fingerprint density at radius 3 is 2.15 bits per heavy atom. The molecule has 0 heterocycles. The first kappa shape index (κ1) is 18.9. The number of hydrogen-bond acceptors (Lipinski definition) is 4. The highest BCUT2D eigenvalue weighted by atomic mass is 16.5. The summed E-state index contributed by atoms with van der Waals surface area (Å²) in [5.41, 5.74) is 4.64. The van der Waals surface area contributed by atoms with Crippen molar-refractivity contribution in [2.45, 2.75) is 25.9 Å². The van der Waals surface area contributed by atoms with Crippen LogP contribution in [0.2, 0.25) is 0 Å². The van der Waals surface area contributed by atoms with Crippen LogP contribution in [0.25, 0.3) is 11.1 Å². The zero-order valence-corrected chi connectivity index (χ0v) is 15.5. The number of ether oxygens (including phenoxy) is 2. The van der Waals surface area contributed by atoms with Crippen molar-refractivity contribution in [1.82, 2.24) is 10.6 Å². The number of nitrogens with one attached hydrogen (secondary N) is 2. The predicted molar refractivity (Wildman–Crippen MR) is 102 cm³/mol. The molecule has 0 saturated carbocycles. The van der Waals surface area contributed by atoms with E-state index in [9.17, 15) is 9.59 Å². The lowest BCUT2D eigenvalue weighted by molar-refractivity contribution is -0.122. The molecule has 27 heavy (non-hydrogen) atoms. The van der Waals surface area contributed by atoms with Crippen LogP contribution in [-0.4, -0.2) is 38.0 Å². The summed E-state index contributed by atoms with van der Waals surface area (Å²) in [6, 6.07) is 16.3. The summed E-state index contributed by atoms with van der Waals surface area (Å²) in [5.74, 6) is -0.333. The summed E-state index contributed by atoms with van der Waals surface area (Å²) in [6.45, 7) is 3.93. The summed E-state index contributed by atoms with van der Waals surface area (Å²) < 4.78 is 10.6. The molecule has 0 bridgehead atoms. The van der Waals surface area contributed by atoms with Crippen LogP contribution in [0, 0.1) is 0 Å². The minimum absolute atomic E-state index is 0.00332. The number of rotatable bonds is 7. The Kier molecular flexibility index (Phi) is 6.08. The van der Waals surface area contributed by atoms with E-state index >= 15 is 0 Å². The van der Waals surface area contributed by atoms with E-state index in [4.69, 9.17) is 9.47 Å². The van der Waals surface area contributed by atoms with Crippen LogP contribution in [0.5, 0.6) is 0 Å². The Morgan fingerprint density at radius 2 is 1.56 bits per heavy atom. The lowest BCUT2D eigenvalue weighted by Crippen LogP contribution is -2.38. The smallest absolute Gasteiger partial charge is 0.407 e. The molecule has 0 aromatic heterocycles. The van der Waals surface area contributed by atoms with E-state index < -0.39 is 6.09 Å². The van der Waals surface area contributed by atoms with Gasteiger partial charge in [-0.25, -0.2) is 4.79 Å². The number of carbonyl (C=O) groups excluding carboxylic acids is 2. The lowest BCUT2D eigenvalue weighted by atomic mass is 9.98. The summed E-state index contributed by atoms with van der Waals surface area (Å²) in [5, 5.41) is 5.02. The van der Waals surface area contributed by atoms with Crippen LogP contribution in [-0.2, 0) is 14.3 Å². The minimum Gasteiger partial charge on any atom is -0.449 e. The van der Waals surface area contributed by atoms with E-state index in [1.165, 1.54) is 11.1 Å². The molecule has 142 valence electrons. The first-order chi connectivity index (χ1) is 13.1. The number of fused-ring (bicyclic) bond motifs is 3. The second kappa shape index (κ2) is 8.68. The van der Waals surface area contributed by atoms with Crippen LogP contribution in [0.15, 0.2) is 48.5 Å². The molecule has 0 saturated heterocycles. The monoisotopic (exact) mass is 368 g/mol. The average Bonchev–Trinajstić information content (AvgIpc) is 2.98. The fourth-order valence-corrected chi connectivity index (χ4v) is 3.15. The molecular weight excluding hydrogens is 344 g/mol. The van der Waals surface area contributed by atoms with Gasteiger partial charge >= 0.3 is 6.09 Å². The summed E-state index contributed by atoms with van der Waals surface area (Å²) >= 11 is 0. The van der Waals surface area contributed by atoms with Crippen LogP contribution in [0.3, 0.4) is 0 Å². The molecular formula is C21H24N2O4. The van der Waals surface area contributed by atoms with Gasteiger partial charge in [-0.3, -0.25) is 4.79 Å². The first-order valence-corrected chi connectivity index (χ1v) is 9.03. The third-order valence-corrected chi connectivity index (χ3v) is 4.42. The Labute approximate surface area is 158 Å². The molecule has 0 atom stereocenters. The van der Waals surface area contributed by atoms with Crippen molar-refractivity contribution in [3.05, 3.63) is 59.7 Å². The topological polar surface area (TPSA) is 76.7 Å². The van der Waals surface area contributed by atoms with Crippen molar-refractivity contribution in [2.24, 2.45) is 0 Å². The fraction of sp³-hybridized carbons (Fsp3) is 0.333. The number of amides is 2. The van der Waals surface area contributed by atoms with Crippen molar-refractivity contribution in [1.29, 1.82) is 0 Å². The zero-order chi connectivity index (χ0) is 19.2. The normalized spacial score (nSPS) is 12.4. The lowest BCUT2D eigenvalue weighted by Gasteiger charge is -2.14. The van der Waals surface area contributed by atoms with Gasteiger partial charge in [0.2, 0.25) is 5.91 Å².